The third-order valence-electron chi connectivity index (χ3n) is 6.56. The van der Waals surface area contributed by atoms with Gasteiger partial charge in [-0.25, -0.2) is 0 Å². The summed E-state index contributed by atoms with van der Waals surface area (Å²) < 4.78 is 1.02. The first kappa shape index (κ1) is 17.1. The average molecular weight is 332 g/mol. The number of primary amides is 1. The standard InChI is InChI=1S/C19H24N2O2.FH/c1-21(2)8-7-19-11-14(22)5-6-15(19)17(21)10-12-3-4-13(18(20)23)9-16(12)19;/h3-6,9,14-15,17,22H,7-8,10-11H2,1-2H3,(H-,20,23);1H/t14?,15?,17-,19+;/m1./s1. The van der Waals surface area contributed by atoms with Gasteiger partial charge in [-0.05, 0) is 29.7 Å². The lowest BCUT2D eigenvalue weighted by Crippen LogP contribution is -3.00. The van der Waals surface area contributed by atoms with E-state index < -0.39 is 6.10 Å². The minimum atomic E-state index is -0.399. The molecule has 0 radical (unpaired) electrons. The fourth-order valence-corrected chi connectivity index (χ4v) is 5.26. The van der Waals surface area contributed by atoms with Gasteiger partial charge in [-0.3, -0.25) is 4.79 Å². The van der Waals surface area contributed by atoms with Crippen molar-refractivity contribution in [3.63, 3.8) is 0 Å². The van der Waals surface area contributed by atoms with Gasteiger partial charge in [-0.2, -0.15) is 0 Å². The second-order valence-corrected chi connectivity index (χ2v) is 8.10. The largest absolute Gasteiger partial charge is 1.00 e. The average Bonchev–Trinajstić information content (AvgIpc) is 2.50. The van der Waals surface area contributed by atoms with Gasteiger partial charge >= 0.3 is 0 Å². The van der Waals surface area contributed by atoms with Gasteiger partial charge < -0.3 is 20.0 Å². The normalized spacial score (nSPS) is 35.4. The summed E-state index contributed by atoms with van der Waals surface area (Å²) in [5.74, 6) is 0.0481. The summed E-state index contributed by atoms with van der Waals surface area (Å²) in [7, 11) is 4.63. The molecule has 1 saturated heterocycles. The van der Waals surface area contributed by atoms with Crippen molar-refractivity contribution in [1.82, 2.24) is 0 Å². The van der Waals surface area contributed by atoms with Gasteiger partial charge in [0.15, 0.2) is 0 Å². The van der Waals surface area contributed by atoms with Crippen LogP contribution in [0.3, 0.4) is 0 Å². The summed E-state index contributed by atoms with van der Waals surface area (Å²) in [5, 5.41) is 10.3. The van der Waals surface area contributed by atoms with Crippen LogP contribution in [0, 0.1) is 5.92 Å². The number of hydrogen-bond acceptors (Lipinski definition) is 2. The second-order valence-electron chi connectivity index (χ2n) is 8.10. The van der Waals surface area contributed by atoms with Gasteiger partial charge in [0.25, 0.3) is 0 Å². The molecule has 1 aromatic rings. The van der Waals surface area contributed by atoms with Gasteiger partial charge in [-0.15, -0.1) is 0 Å². The lowest BCUT2D eigenvalue weighted by molar-refractivity contribution is -0.926. The fourth-order valence-electron chi connectivity index (χ4n) is 5.26. The molecule has 0 spiro atoms. The Balaban J connectivity index is 0.00000169. The highest BCUT2D eigenvalue weighted by atomic mass is 19.0. The molecule has 3 aliphatic rings. The minimum absolute atomic E-state index is 0. The molecule has 1 aliphatic heterocycles. The topological polar surface area (TPSA) is 63.3 Å². The molecule has 3 N–H and O–H groups in total. The van der Waals surface area contributed by atoms with Gasteiger partial charge in [0.1, 0.15) is 0 Å². The Kier molecular flexibility index (Phi) is 3.85. The van der Waals surface area contributed by atoms with Crippen LogP contribution in [0.2, 0.25) is 0 Å². The molecule has 5 heteroatoms. The molecule has 2 unspecified atom stereocenters. The van der Waals surface area contributed by atoms with Crippen LogP contribution in [0.15, 0.2) is 30.4 Å². The predicted octanol–water partition coefficient (Wildman–Crippen LogP) is -1.63. The van der Waals surface area contributed by atoms with E-state index >= 15 is 0 Å². The van der Waals surface area contributed by atoms with Crippen LogP contribution >= 0.6 is 0 Å². The Morgan fingerprint density at radius 3 is 2.79 bits per heavy atom. The zero-order valence-electron chi connectivity index (χ0n) is 14.2. The molecular formula is C19H25FN2O2. The van der Waals surface area contributed by atoms with E-state index in [1.807, 2.05) is 18.2 Å². The zero-order valence-corrected chi connectivity index (χ0v) is 14.2. The third kappa shape index (κ3) is 2.22. The minimum Gasteiger partial charge on any atom is -1.00 e. The molecule has 0 saturated carbocycles. The number of likely N-dealkylation sites (N-methyl/N-ethyl adjacent to an activating group) is 1. The van der Waals surface area contributed by atoms with Crippen LogP contribution in [-0.4, -0.2) is 48.3 Å². The molecule has 4 nitrogen and oxygen atoms in total. The van der Waals surface area contributed by atoms with E-state index in [2.05, 4.69) is 26.2 Å². The Morgan fingerprint density at radius 2 is 2.08 bits per heavy atom. The van der Waals surface area contributed by atoms with E-state index in [0.29, 0.717) is 17.5 Å². The highest BCUT2D eigenvalue weighted by Crippen LogP contribution is 2.55. The number of fused-ring (bicyclic) bond motifs is 1. The summed E-state index contributed by atoms with van der Waals surface area (Å²) in [6, 6.07) is 6.46. The van der Waals surface area contributed by atoms with Crippen molar-refractivity contribution in [1.29, 1.82) is 0 Å². The number of aliphatic hydroxyl groups is 1. The van der Waals surface area contributed by atoms with Gasteiger partial charge in [0.05, 0.1) is 32.8 Å². The number of carbonyl (C=O) groups is 1. The maximum absolute atomic E-state index is 11.6. The summed E-state index contributed by atoms with van der Waals surface area (Å²) in [5.41, 5.74) is 8.61. The molecule has 0 aromatic heterocycles. The van der Waals surface area contributed by atoms with E-state index in [4.69, 9.17) is 5.73 Å². The molecule has 130 valence electrons. The fraction of sp³-hybridized carbons (Fsp3) is 0.526. The first-order valence-electron chi connectivity index (χ1n) is 8.46. The molecule has 2 aliphatic carbocycles. The number of piperidine rings is 1. The van der Waals surface area contributed by atoms with E-state index in [0.717, 1.165) is 30.3 Å². The molecule has 2 bridgehead atoms. The van der Waals surface area contributed by atoms with Crippen molar-refractivity contribution < 1.29 is 19.1 Å². The number of aliphatic hydroxyl groups excluding tert-OH is 1. The zero-order chi connectivity index (χ0) is 16.4. The SMILES string of the molecule is C[N+]1(C)CC[C@]23CC(O)C=CC2[C@H]1Cc1ccc(C(N)=O)cc13.[F-]. The molecule has 24 heavy (non-hydrogen) atoms. The first-order chi connectivity index (χ1) is 10.8. The predicted molar refractivity (Wildman–Crippen MR) is 89.0 cm³/mol. The number of quaternary nitrogens is 1. The van der Waals surface area contributed by atoms with Crippen LogP contribution in [0.1, 0.15) is 34.3 Å². The number of nitrogens with zero attached hydrogens (tertiary/aromatic N) is 1. The number of carbonyl (C=O) groups excluding carboxylic acids is 1. The lowest BCUT2D eigenvalue weighted by Gasteiger charge is -2.59. The molecule has 4 atom stereocenters. The number of likely N-dealkylation sites (tertiary alicyclic amines) is 1. The molecule has 1 aromatic carbocycles. The highest BCUT2D eigenvalue weighted by molar-refractivity contribution is 5.93. The summed E-state index contributed by atoms with van der Waals surface area (Å²) in [6.07, 6.45) is 6.61. The highest BCUT2D eigenvalue weighted by Gasteiger charge is 2.58. The van der Waals surface area contributed by atoms with Crippen LogP contribution in [0.25, 0.3) is 0 Å². The van der Waals surface area contributed by atoms with Crippen molar-refractivity contribution in [2.24, 2.45) is 11.7 Å². The summed E-state index contributed by atoms with van der Waals surface area (Å²) in [6.45, 7) is 1.10. The van der Waals surface area contributed by atoms with Crippen LogP contribution in [0.5, 0.6) is 0 Å². The molecule has 1 amide bonds. The Morgan fingerprint density at radius 1 is 1.33 bits per heavy atom. The first-order valence-corrected chi connectivity index (χ1v) is 8.46. The lowest BCUT2D eigenvalue weighted by atomic mass is 9.53. The molecule has 1 fully saturated rings. The maximum Gasteiger partial charge on any atom is 0.248 e. The Hall–Kier alpha value is -1.72. The molecule has 1 heterocycles. The van der Waals surface area contributed by atoms with Gasteiger partial charge in [0.2, 0.25) is 5.91 Å². The number of rotatable bonds is 1. The number of amides is 1. The van der Waals surface area contributed by atoms with Crippen LogP contribution < -0.4 is 10.4 Å². The number of benzene rings is 1. The molecular weight excluding hydrogens is 307 g/mol. The van der Waals surface area contributed by atoms with Gasteiger partial charge in [-0.1, -0.05) is 18.2 Å². The molecule has 4 rings (SSSR count). The quantitative estimate of drug-likeness (QED) is 0.479. The van der Waals surface area contributed by atoms with E-state index in [9.17, 15) is 9.90 Å². The van der Waals surface area contributed by atoms with Crippen LogP contribution in [0.4, 0.5) is 0 Å². The summed E-state index contributed by atoms with van der Waals surface area (Å²) >= 11 is 0. The number of nitrogens with two attached hydrogens (primary N) is 1. The van der Waals surface area contributed by atoms with Gasteiger partial charge in [0, 0.05) is 29.7 Å². The second kappa shape index (κ2) is 5.39. The third-order valence-corrected chi connectivity index (χ3v) is 6.56. The monoisotopic (exact) mass is 332 g/mol. The van der Waals surface area contributed by atoms with Crippen LogP contribution in [-0.2, 0) is 11.8 Å². The van der Waals surface area contributed by atoms with Crippen molar-refractivity contribution in [2.45, 2.75) is 36.8 Å². The van der Waals surface area contributed by atoms with E-state index in [1.165, 1.54) is 11.1 Å². The maximum atomic E-state index is 11.6. The van der Waals surface area contributed by atoms with Crippen molar-refractivity contribution in [3.05, 3.63) is 47.0 Å². The Labute approximate surface area is 141 Å². The Bertz CT molecular complexity index is 715. The number of hydrogen-bond donors (Lipinski definition) is 2. The van der Waals surface area contributed by atoms with E-state index in [1.54, 1.807) is 0 Å². The number of halogens is 1. The van der Waals surface area contributed by atoms with E-state index in [-0.39, 0.29) is 16.0 Å². The summed E-state index contributed by atoms with van der Waals surface area (Å²) in [4.78, 5) is 11.6. The van der Waals surface area contributed by atoms with Crippen molar-refractivity contribution in [3.8, 4) is 0 Å². The van der Waals surface area contributed by atoms with Crippen molar-refractivity contribution in [2.75, 3.05) is 20.6 Å². The van der Waals surface area contributed by atoms with Crippen molar-refractivity contribution >= 4 is 5.91 Å². The smallest absolute Gasteiger partial charge is 0.248 e.